The van der Waals surface area contributed by atoms with Gasteiger partial charge < -0.3 is 9.64 Å². The zero-order valence-electron chi connectivity index (χ0n) is 12.6. The summed E-state index contributed by atoms with van der Waals surface area (Å²) < 4.78 is 5.42. The minimum atomic E-state index is -0.318. The predicted molar refractivity (Wildman–Crippen MR) is 84.7 cm³/mol. The second kappa shape index (κ2) is 7.60. The first-order valence-corrected chi connectivity index (χ1v) is 7.16. The van der Waals surface area contributed by atoms with Crippen LogP contribution in [0, 0.1) is 0 Å². The molecule has 0 N–H and O–H groups in total. The van der Waals surface area contributed by atoms with Gasteiger partial charge in [-0.1, -0.05) is 30.3 Å². The van der Waals surface area contributed by atoms with E-state index in [4.69, 9.17) is 4.74 Å². The number of aryl methyl sites for hydroxylation is 1. The standard InChI is InChI=1S/C18H21NO2/c1-19(2)13-7-9-15-8-6-12-17(14-15)21-18(20)16-10-4-3-5-11-16/h3-6,8,10-12,14H,7,9,13H2,1-2H3. The highest BCUT2D eigenvalue weighted by Crippen LogP contribution is 2.16. The molecule has 0 aromatic heterocycles. The van der Waals surface area contributed by atoms with Crippen LogP contribution in [0.2, 0.25) is 0 Å². The van der Waals surface area contributed by atoms with Crippen LogP contribution in [0.1, 0.15) is 22.3 Å². The predicted octanol–water partition coefficient (Wildman–Crippen LogP) is 3.40. The van der Waals surface area contributed by atoms with Crippen LogP contribution in [-0.2, 0) is 6.42 Å². The Hall–Kier alpha value is -2.13. The zero-order valence-corrected chi connectivity index (χ0v) is 12.6. The monoisotopic (exact) mass is 283 g/mol. The van der Waals surface area contributed by atoms with Gasteiger partial charge in [0.05, 0.1) is 5.56 Å². The van der Waals surface area contributed by atoms with Gasteiger partial charge in [-0.3, -0.25) is 0 Å². The highest BCUT2D eigenvalue weighted by molar-refractivity contribution is 5.90. The van der Waals surface area contributed by atoms with Crippen LogP contribution in [0.4, 0.5) is 0 Å². The number of nitrogens with zero attached hydrogens (tertiary/aromatic N) is 1. The first-order chi connectivity index (χ1) is 10.1. The van der Waals surface area contributed by atoms with Crippen LogP contribution in [0.5, 0.6) is 5.75 Å². The number of carbonyl (C=O) groups is 1. The van der Waals surface area contributed by atoms with Crippen molar-refractivity contribution in [2.45, 2.75) is 12.8 Å². The Morgan fingerprint density at radius 3 is 2.52 bits per heavy atom. The van der Waals surface area contributed by atoms with E-state index in [1.807, 2.05) is 36.4 Å². The van der Waals surface area contributed by atoms with Gasteiger partial charge in [0.25, 0.3) is 0 Å². The number of hydrogen-bond donors (Lipinski definition) is 0. The van der Waals surface area contributed by atoms with Gasteiger partial charge in [-0.25, -0.2) is 4.79 Å². The number of carbonyl (C=O) groups excluding carboxylic acids is 1. The van der Waals surface area contributed by atoms with E-state index in [-0.39, 0.29) is 5.97 Å². The maximum Gasteiger partial charge on any atom is 0.343 e. The van der Waals surface area contributed by atoms with Crippen LogP contribution in [0.15, 0.2) is 54.6 Å². The highest BCUT2D eigenvalue weighted by Gasteiger charge is 2.07. The maximum absolute atomic E-state index is 12.0. The average Bonchev–Trinajstić information content (AvgIpc) is 2.48. The van der Waals surface area contributed by atoms with Crippen LogP contribution in [0.25, 0.3) is 0 Å². The van der Waals surface area contributed by atoms with Crippen molar-refractivity contribution in [3.05, 3.63) is 65.7 Å². The van der Waals surface area contributed by atoms with Gasteiger partial charge in [-0.05, 0) is 63.3 Å². The minimum absolute atomic E-state index is 0.318. The first kappa shape index (κ1) is 15.3. The molecule has 0 aliphatic heterocycles. The van der Waals surface area contributed by atoms with E-state index in [1.54, 1.807) is 12.1 Å². The summed E-state index contributed by atoms with van der Waals surface area (Å²) in [6.07, 6.45) is 2.07. The van der Waals surface area contributed by atoms with Crippen LogP contribution in [-0.4, -0.2) is 31.5 Å². The van der Waals surface area contributed by atoms with Gasteiger partial charge in [-0.15, -0.1) is 0 Å². The van der Waals surface area contributed by atoms with Crippen LogP contribution < -0.4 is 4.74 Å². The summed E-state index contributed by atoms with van der Waals surface area (Å²) in [6.45, 7) is 1.05. The molecule has 0 amide bonds. The third-order valence-corrected chi connectivity index (χ3v) is 3.19. The van der Waals surface area contributed by atoms with Crippen molar-refractivity contribution in [2.75, 3.05) is 20.6 Å². The third-order valence-electron chi connectivity index (χ3n) is 3.19. The Bertz CT molecular complexity index is 579. The molecule has 0 unspecified atom stereocenters. The summed E-state index contributed by atoms with van der Waals surface area (Å²) in [5.74, 6) is 0.284. The second-order valence-electron chi connectivity index (χ2n) is 5.31. The van der Waals surface area contributed by atoms with E-state index >= 15 is 0 Å². The van der Waals surface area contributed by atoms with E-state index < -0.39 is 0 Å². The number of hydrogen-bond acceptors (Lipinski definition) is 3. The normalized spacial score (nSPS) is 10.6. The summed E-state index contributed by atoms with van der Waals surface area (Å²) in [7, 11) is 4.14. The topological polar surface area (TPSA) is 29.5 Å². The van der Waals surface area contributed by atoms with E-state index in [9.17, 15) is 4.79 Å². The number of benzene rings is 2. The van der Waals surface area contributed by atoms with Crippen molar-refractivity contribution in [1.29, 1.82) is 0 Å². The molecule has 0 aliphatic carbocycles. The quantitative estimate of drug-likeness (QED) is 0.601. The van der Waals surface area contributed by atoms with Gasteiger partial charge in [0.15, 0.2) is 0 Å². The molecule has 0 fully saturated rings. The molecule has 0 saturated heterocycles. The largest absolute Gasteiger partial charge is 0.423 e. The fraction of sp³-hybridized carbons (Fsp3) is 0.278. The van der Waals surface area contributed by atoms with E-state index in [0.29, 0.717) is 11.3 Å². The lowest BCUT2D eigenvalue weighted by Gasteiger charge is -2.10. The first-order valence-electron chi connectivity index (χ1n) is 7.16. The van der Waals surface area contributed by atoms with Crippen molar-refractivity contribution in [3.8, 4) is 5.75 Å². The van der Waals surface area contributed by atoms with Gasteiger partial charge in [0.1, 0.15) is 5.75 Å². The van der Waals surface area contributed by atoms with E-state index in [2.05, 4.69) is 25.1 Å². The Morgan fingerprint density at radius 2 is 1.81 bits per heavy atom. The molecule has 0 bridgehead atoms. The van der Waals surface area contributed by atoms with Crippen molar-refractivity contribution >= 4 is 5.97 Å². The molecule has 3 nitrogen and oxygen atoms in total. The van der Waals surface area contributed by atoms with E-state index in [1.165, 1.54) is 5.56 Å². The molecular weight excluding hydrogens is 262 g/mol. The van der Waals surface area contributed by atoms with Crippen molar-refractivity contribution < 1.29 is 9.53 Å². The SMILES string of the molecule is CN(C)CCCc1cccc(OC(=O)c2ccccc2)c1. The third kappa shape index (κ3) is 5.04. The maximum atomic E-state index is 12.0. The second-order valence-corrected chi connectivity index (χ2v) is 5.31. The summed E-state index contributed by atoms with van der Waals surface area (Å²) >= 11 is 0. The summed E-state index contributed by atoms with van der Waals surface area (Å²) in [4.78, 5) is 14.2. The molecule has 21 heavy (non-hydrogen) atoms. The lowest BCUT2D eigenvalue weighted by molar-refractivity contribution is 0.0734. The molecular formula is C18H21NO2. The number of ether oxygens (including phenoxy) is 1. The Morgan fingerprint density at radius 1 is 1.05 bits per heavy atom. The minimum Gasteiger partial charge on any atom is -0.423 e. The number of rotatable bonds is 6. The van der Waals surface area contributed by atoms with Crippen molar-refractivity contribution in [1.82, 2.24) is 4.90 Å². The molecule has 110 valence electrons. The lowest BCUT2D eigenvalue weighted by Crippen LogP contribution is -2.13. The molecule has 2 aromatic rings. The fourth-order valence-electron chi connectivity index (χ4n) is 2.10. The highest BCUT2D eigenvalue weighted by atomic mass is 16.5. The van der Waals surface area contributed by atoms with Gasteiger partial charge in [0, 0.05) is 0 Å². The summed E-state index contributed by atoms with van der Waals surface area (Å²) in [5, 5.41) is 0. The molecule has 2 rings (SSSR count). The van der Waals surface area contributed by atoms with Crippen LogP contribution in [0.3, 0.4) is 0 Å². The van der Waals surface area contributed by atoms with E-state index in [0.717, 1.165) is 19.4 Å². The molecule has 2 aromatic carbocycles. The van der Waals surface area contributed by atoms with Gasteiger partial charge in [0.2, 0.25) is 0 Å². The Labute approximate surface area is 126 Å². The van der Waals surface area contributed by atoms with Gasteiger partial charge in [-0.2, -0.15) is 0 Å². The van der Waals surface area contributed by atoms with Crippen molar-refractivity contribution in [3.63, 3.8) is 0 Å². The molecule has 0 spiro atoms. The van der Waals surface area contributed by atoms with Crippen molar-refractivity contribution in [2.24, 2.45) is 0 Å². The molecule has 0 radical (unpaired) electrons. The lowest BCUT2D eigenvalue weighted by atomic mass is 10.1. The smallest absolute Gasteiger partial charge is 0.343 e. The summed E-state index contributed by atoms with van der Waals surface area (Å²) in [6, 6.07) is 16.8. The van der Waals surface area contributed by atoms with Gasteiger partial charge >= 0.3 is 5.97 Å². The number of esters is 1. The zero-order chi connectivity index (χ0) is 15.1. The summed E-state index contributed by atoms with van der Waals surface area (Å²) in [5.41, 5.74) is 1.76. The Balaban J connectivity index is 1.96. The van der Waals surface area contributed by atoms with Crippen LogP contribution >= 0.6 is 0 Å². The molecule has 0 heterocycles. The molecule has 0 saturated carbocycles. The average molecular weight is 283 g/mol. The molecule has 0 aliphatic rings. The fourth-order valence-corrected chi connectivity index (χ4v) is 2.10. The molecule has 0 atom stereocenters. The molecule has 3 heteroatoms. The Kier molecular flexibility index (Phi) is 5.52.